The van der Waals surface area contributed by atoms with Gasteiger partial charge >= 0.3 is 18.0 Å². The van der Waals surface area contributed by atoms with E-state index in [1.807, 2.05) is 0 Å². The minimum Gasteiger partial charge on any atom is -0.481 e. The van der Waals surface area contributed by atoms with Gasteiger partial charge in [0.1, 0.15) is 6.61 Å². The van der Waals surface area contributed by atoms with Gasteiger partial charge in [0.15, 0.2) is 6.10 Å². The van der Waals surface area contributed by atoms with Crippen molar-refractivity contribution in [2.24, 2.45) is 5.84 Å². The predicted octanol–water partition coefficient (Wildman–Crippen LogP) is -0.911. The van der Waals surface area contributed by atoms with E-state index >= 15 is 0 Å². The standard InChI is InChI=1S/C8H12N2O6/c9-10-3-5(16-8(10)14)4-15-7(13)2-1-6(11)12/h5H,1-4,9H2,(H,11,12)/t5-/m0/s1. The smallest absolute Gasteiger partial charge is 0.424 e. The van der Waals surface area contributed by atoms with E-state index in [9.17, 15) is 14.4 Å². The highest BCUT2D eigenvalue weighted by atomic mass is 16.6. The number of hydrazine groups is 1. The molecule has 0 unspecified atom stereocenters. The molecule has 90 valence electrons. The van der Waals surface area contributed by atoms with Crippen LogP contribution in [0.15, 0.2) is 0 Å². The number of carboxylic acids is 1. The Kier molecular flexibility index (Phi) is 4.06. The number of amides is 1. The van der Waals surface area contributed by atoms with Crippen LogP contribution in [0.4, 0.5) is 4.79 Å². The SMILES string of the molecule is NN1C[C@@H](COC(=O)CCC(=O)O)OC1=O. The first-order valence-corrected chi connectivity index (χ1v) is 4.59. The van der Waals surface area contributed by atoms with Crippen molar-refractivity contribution in [3.8, 4) is 0 Å². The molecule has 8 heteroatoms. The van der Waals surface area contributed by atoms with Crippen LogP contribution in [0.2, 0.25) is 0 Å². The van der Waals surface area contributed by atoms with E-state index in [1.54, 1.807) is 0 Å². The topological polar surface area (TPSA) is 119 Å². The molecule has 1 aliphatic heterocycles. The lowest BCUT2D eigenvalue weighted by atomic mass is 10.3. The van der Waals surface area contributed by atoms with Gasteiger partial charge in [0, 0.05) is 0 Å². The second-order valence-corrected chi connectivity index (χ2v) is 3.23. The molecule has 0 bridgehead atoms. The maximum absolute atomic E-state index is 11.0. The number of ether oxygens (including phenoxy) is 2. The highest BCUT2D eigenvalue weighted by Crippen LogP contribution is 2.07. The number of aliphatic carboxylic acids is 1. The molecule has 8 nitrogen and oxygen atoms in total. The Morgan fingerprint density at radius 1 is 1.56 bits per heavy atom. The fourth-order valence-corrected chi connectivity index (χ4v) is 1.10. The van der Waals surface area contributed by atoms with Crippen LogP contribution >= 0.6 is 0 Å². The first-order valence-electron chi connectivity index (χ1n) is 4.59. The van der Waals surface area contributed by atoms with Crippen molar-refractivity contribution < 1.29 is 29.0 Å². The largest absolute Gasteiger partial charge is 0.481 e. The molecule has 1 fully saturated rings. The first kappa shape index (κ1) is 12.2. The summed E-state index contributed by atoms with van der Waals surface area (Å²) in [5.41, 5.74) is 0. The van der Waals surface area contributed by atoms with E-state index < -0.39 is 24.1 Å². The van der Waals surface area contributed by atoms with E-state index in [4.69, 9.17) is 20.4 Å². The van der Waals surface area contributed by atoms with Crippen LogP contribution < -0.4 is 5.84 Å². The molecule has 1 rings (SSSR count). The van der Waals surface area contributed by atoms with Gasteiger partial charge in [0.2, 0.25) is 0 Å². The van der Waals surface area contributed by atoms with E-state index in [0.717, 1.165) is 5.01 Å². The highest BCUT2D eigenvalue weighted by Gasteiger charge is 2.29. The van der Waals surface area contributed by atoms with Crippen molar-refractivity contribution in [1.29, 1.82) is 0 Å². The molecular formula is C8H12N2O6. The fraction of sp³-hybridized carbons (Fsp3) is 0.625. The number of hydrogen-bond donors (Lipinski definition) is 2. The number of nitrogens with two attached hydrogens (primary N) is 1. The van der Waals surface area contributed by atoms with Gasteiger partial charge in [-0.2, -0.15) is 0 Å². The Bertz CT molecular complexity index is 305. The van der Waals surface area contributed by atoms with Gasteiger partial charge in [-0.3, -0.25) is 9.59 Å². The molecule has 1 saturated heterocycles. The van der Waals surface area contributed by atoms with E-state index in [0.29, 0.717) is 0 Å². The van der Waals surface area contributed by atoms with E-state index in [-0.39, 0.29) is 26.0 Å². The number of esters is 1. The zero-order chi connectivity index (χ0) is 12.1. The Labute approximate surface area is 90.9 Å². The van der Waals surface area contributed by atoms with Gasteiger partial charge in [-0.25, -0.2) is 15.6 Å². The molecule has 0 saturated carbocycles. The second-order valence-electron chi connectivity index (χ2n) is 3.23. The van der Waals surface area contributed by atoms with Gasteiger partial charge in [0.05, 0.1) is 19.4 Å². The van der Waals surface area contributed by atoms with Crippen molar-refractivity contribution in [3.63, 3.8) is 0 Å². The van der Waals surface area contributed by atoms with Gasteiger partial charge in [-0.05, 0) is 0 Å². The van der Waals surface area contributed by atoms with Gasteiger partial charge in [-0.1, -0.05) is 0 Å². The first-order chi connectivity index (χ1) is 7.49. The number of rotatable bonds is 5. The second kappa shape index (κ2) is 5.31. The molecule has 0 aromatic rings. The van der Waals surface area contributed by atoms with Crippen molar-refractivity contribution >= 4 is 18.0 Å². The minimum absolute atomic E-state index is 0.113. The number of carboxylic acid groups (broad SMARTS) is 1. The molecule has 0 aromatic heterocycles. The summed E-state index contributed by atoms with van der Waals surface area (Å²) in [5.74, 6) is 3.50. The lowest BCUT2D eigenvalue weighted by Gasteiger charge is -2.08. The molecule has 1 amide bonds. The zero-order valence-corrected chi connectivity index (χ0v) is 8.42. The monoisotopic (exact) mass is 232 g/mol. The van der Waals surface area contributed by atoms with E-state index in [2.05, 4.69) is 0 Å². The van der Waals surface area contributed by atoms with Crippen LogP contribution in [0, 0.1) is 0 Å². The van der Waals surface area contributed by atoms with Crippen LogP contribution in [0.25, 0.3) is 0 Å². The number of nitrogens with zero attached hydrogens (tertiary/aromatic N) is 1. The third-order valence-corrected chi connectivity index (χ3v) is 1.88. The average molecular weight is 232 g/mol. The number of carbonyl (C=O) groups excluding carboxylic acids is 2. The average Bonchev–Trinajstić information content (AvgIpc) is 2.52. The molecule has 0 spiro atoms. The predicted molar refractivity (Wildman–Crippen MR) is 49.0 cm³/mol. The lowest BCUT2D eigenvalue weighted by molar-refractivity contribution is -0.149. The van der Waals surface area contributed by atoms with Crippen LogP contribution in [0.3, 0.4) is 0 Å². The number of hydrogen-bond acceptors (Lipinski definition) is 6. The summed E-state index contributed by atoms with van der Waals surface area (Å²) in [6.07, 6.45) is -1.76. The molecule has 1 aliphatic rings. The maximum atomic E-state index is 11.0. The molecule has 3 N–H and O–H groups in total. The quantitative estimate of drug-likeness (QED) is 0.357. The van der Waals surface area contributed by atoms with Crippen molar-refractivity contribution in [3.05, 3.63) is 0 Å². The highest BCUT2D eigenvalue weighted by molar-refractivity contribution is 5.76. The van der Waals surface area contributed by atoms with Gasteiger partial charge < -0.3 is 14.6 Å². The lowest BCUT2D eigenvalue weighted by Crippen LogP contribution is -2.32. The molecule has 1 atom stereocenters. The van der Waals surface area contributed by atoms with Crippen LogP contribution in [0.5, 0.6) is 0 Å². The molecular weight excluding hydrogens is 220 g/mol. The van der Waals surface area contributed by atoms with Crippen LogP contribution in [-0.4, -0.2) is 47.4 Å². The number of cyclic esters (lactones) is 1. The van der Waals surface area contributed by atoms with Crippen molar-refractivity contribution in [1.82, 2.24) is 5.01 Å². The maximum Gasteiger partial charge on any atom is 0.424 e. The summed E-state index contributed by atoms with van der Waals surface area (Å²) in [7, 11) is 0. The Balaban J connectivity index is 2.17. The molecule has 0 aromatic carbocycles. The summed E-state index contributed by atoms with van der Waals surface area (Å²) in [5, 5.41) is 9.18. The normalized spacial score (nSPS) is 19.4. The van der Waals surface area contributed by atoms with Crippen molar-refractivity contribution in [2.75, 3.05) is 13.2 Å². The third-order valence-electron chi connectivity index (χ3n) is 1.88. The molecule has 0 aliphatic carbocycles. The fourth-order valence-electron chi connectivity index (χ4n) is 1.10. The Morgan fingerprint density at radius 3 is 2.75 bits per heavy atom. The Hall–Kier alpha value is -1.83. The van der Waals surface area contributed by atoms with Gasteiger partial charge in [0.25, 0.3) is 0 Å². The molecule has 16 heavy (non-hydrogen) atoms. The number of carbonyl (C=O) groups is 3. The van der Waals surface area contributed by atoms with Crippen molar-refractivity contribution in [2.45, 2.75) is 18.9 Å². The summed E-state index contributed by atoms with van der Waals surface area (Å²) in [6, 6.07) is 0. The summed E-state index contributed by atoms with van der Waals surface area (Å²) in [6.45, 7) is 0.0307. The van der Waals surface area contributed by atoms with Crippen LogP contribution in [-0.2, 0) is 19.1 Å². The minimum atomic E-state index is -1.07. The molecule has 0 radical (unpaired) electrons. The van der Waals surface area contributed by atoms with Gasteiger partial charge in [-0.15, -0.1) is 0 Å². The Morgan fingerprint density at radius 2 is 2.25 bits per heavy atom. The summed E-state index contributed by atoms with van der Waals surface area (Å²) in [4.78, 5) is 32.0. The van der Waals surface area contributed by atoms with E-state index in [1.165, 1.54) is 0 Å². The van der Waals surface area contributed by atoms with Crippen LogP contribution in [0.1, 0.15) is 12.8 Å². The summed E-state index contributed by atoms with van der Waals surface area (Å²) >= 11 is 0. The zero-order valence-electron chi connectivity index (χ0n) is 8.42. The summed E-state index contributed by atoms with van der Waals surface area (Å²) < 4.78 is 9.43. The third kappa shape index (κ3) is 3.73. The molecule has 1 heterocycles.